The average Bonchev–Trinajstić information content (AvgIpc) is 1.49. The Kier molecular flexibility index (Phi) is 18.6. The van der Waals surface area contributed by atoms with E-state index in [1.165, 1.54) is 278 Å². The minimum atomic E-state index is -0.341. The molecule has 3 nitrogen and oxygen atoms in total. The van der Waals surface area contributed by atoms with Crippen LogP contribution < -0.4 is 4.90 Å². The van der Waals surface area contributed by atoms with Gasteiger partial charge in [-0.15, -0.1) is 0 Å². The molecule has 9 aromatic carbocycles. The van der Waals surface area contributed by atoms with Gasteiger partial charge >= 0.3 is 0 Å². The summed E-state index contributed by atoms with van der Waals surface area (Å²) >= 11 is 0. The van der Waals surface area contributed by atoms with Crippen LogP contribution in [0.2, 0.25) is 0 Å². The van der Waals surface area contributed by atoms with Gasteiger partial charge in [-0.05, 0) is 183 Å². The van der Waals surface area contributed by atoms with Crippen LogP contribution in [0.3, 0.4) is 0 Å². The number of fused-ring (bicyclic) bond motifs is 22. The Hall–Kier alpha value is -7.62. The maximum absolute atomic E-state index is 7.21. The van der Waals surface area contributed by atoms with Crippen molar-refractivity contribution in [3.63, 3.8) is 0 Å². The van der Waals surface area contributed by atoms with E-state index in [0.29, 0.717) is 0 Å². The molecule has 0 unspecified atom stereocenters. The average molecular weight is 1300 g/mol. The van der Waals surface area contributed by atoms with Crippen LogP contribution in [0.5, 0.6) is 0 Å². The second-order valence-electron chi connectivity index (χ2n) is 31.9. The van der Waals surface area contributed by atoms with E-state index in [1.54, 1.807) is 22.3 Å². The summed E-state index contributed by atoms with van der Waals surface area (Å²) in [5.41, 5.74) is 31.2. The van der Waals surface area contributed by atoms with Gasteiger partial charge in [0.05, 0.1) is 0 Å². The van der Waals surface area contributed by atoms with Crippen molar-refractivity contribution in [1.82, 2.24) is 0 Å². The van der Waals surface area contributed by atoms with Gasteiger partial charge in [0.25, 0.3) is 0 Å². The zero-order chi connectivity index (χ0) is 67.3. The molecule has 3 heteroatoms. The van der Waals surface area contributed by atoms with Crippen LogP contribution in [-0.4, -0.2) is 0 Å². The fraction of sp³-hybridized carbons (Fsp3) is 0.432. The van der Waals surface area contributed by atoms with E-state index >= 15 is 0 Å². The number of hydrogen-bond donors (Lipinski definition) is 0. The highest BCUT2D eigenvalue weighted by molar-refractivity contribution is 6.21. The number of unbranched alkanes of at least 4 members (excludes halogenated alkanes) is 20. The normalized spacial score (nSPS) is 15.2. The molecule has 2 heterocycles. The number of furan rings is 2. The lowest BCUT2D eigenvalue weighted by molar-refractivity contribution is 0.394. The van der Waals surface area contributed by atoms with Gasteiger partial charge in [-0.1, -0.05) is 306 Å². The van der Waals surface area contributed by atoms with E-state index in [1.807, 2.05) is 0 Å². The van der Waals surface area contributed by atoms with Crippen LogP contribution >= 0.6 is 0 Å². The Bertz CT molecular complexity index is 4700. The summed E-state index contributed by atoms with van der Waals surface area (Å²) in [6.45, 7) is 21.6. The lowest BCUT2D eigenvalue weighted by atomic mass is 9.68. The molecule has 2 aromatic heterocycles. The van der Waals surface area contributed by atoms with Gasteiger partial charge < -0.3 is 13.7 Å². The minimum Gasteiger partial charge on any atom is -0.456 e. The maximum atomic E-state index is 7.21. The van der Waals surface area contributed by atoms with E-state index < -0.39 is 0 Å². The van der Waals surface area contributed by atoms with Crippen molar-refractivity contribution in [2.75, 3.05) is 4.90 Å². The Labute approximate surface area is 587 Å². The zero-order valence-electron chi connectivity index (χ0n) is 61.1. The lowest BCUT2D eigenvalue weighted by Gasteiger charge is -2.35. The van der Waals surface area contributed by atoms with Gasteiger partial charge in [-0.3, -0.25) is 0 Å². The van der Waals surface area contributed by atoms with Crippen molar-refractivity contribution in [1.29, 1.82) is 0 Å². The minimum absolute atomic E-state index is 0.0923. The van der Waals surface area contributed by atoms with Crippen LogP contribution in [0.1, 0.15) is 285 Å². The Morgan fingerprint density at radius 2 is 0.745 bits per heavy atom. The predicted octanol–water partition coefficient (Wildman–Crippen LogP) is 29.4. The standard InChI is InChI=1S/C95H109NO2/c1-10-14-18-22-26-36-56-94(57-37-27-23-19-15-11-2)76-54-55-83-85(71-41-31-34-44-81(71)97-83)84(76)74-63-79-73(62-80(74)94)68-52-50-67(61-78(68)95(79,58-38-28-24-20-16-12-3)59-39-29-25-21-17-13-4)96(65-48-46-64(5)47-49-65)66-51-53-70-77(60-66)93(8,9)90-88(70)91-87(72-42-32-35-45-82(72)98-91)86-69-40-30-33-43-75(69)92(6,7)89(86)90/h30-35,40-55,60-63H,10-29,36-39,56-59H2,1-9H3. The van der Waals surface area contributed by atoms with Crippen molar-refractivity contribution in [3.05, 3.63) is 208 Å². The SMILES string of the molecule is CCCCCCCCC1(CCCCCCCC)c2cc(N(c3ccc(C)cc3)c3ccc4c(c3)C(C)(C)c3c5c(c6c(oc7ccccc76)c3-4)-c3ccccc3C5(C)C)ccc2-c2cc3c(cc21)-c1c(ccc2oc4ccccc4c12)C3(CCCCCCCC)CCCCCCCC. The number of rotatable bonds is 31. The number of aryl methyl sites for hydroxylation is 1. The molecule has 15 rings (SSSR count). The van der Waals surface area contributed by atoms with Crippen molar-refractivity contribution in [2.24, 2.45) is 0 Å². The fourth-order valence-corrected chi connectivity index (χ4v) is 19.9. The Morgan fingerprint density at radius 3 is 1.35 bits per heavy atom. The van der Waals surface area contributed by atoms with Crippen molar-refractivity contribution < 1.29 is 8.83 Å². The molecule has 506 valence electrons. The molecule has 0 bridgehead atoms. The number of benzene rings is 9. The molecule has 4 aliphatic rings. The molecule has 11 aromatic rings. The summed E-state index contributed by atoms with van der Waals surface area (Å²) in [5, 5.41) is 5.04. The third-order valence-electron chi connectivity index (χ3n) is 24.9. The molecular weight excluding hydrogens is 1190 g/mol. The van der Waals surface area contributed by atoms with E-state index in [-0.39, 0.29) is 21.7 Å². The first kappa shape index (κ1) is 66.3. The van der Waals surface area contributed by atoms with Crippen molar-refractivity contribution >= 4 is 60.9 Å². The van der Waals surface area contributed by atoms with Crippen LogP contribution in [-0.2, 0) is 21.7 Å². The number of anilines is 3. The Morgan fingerprint density at radius 1 is 0.306 bits per heavy atom. The first-order chi connectivity index (χ1) is 47.9. The van der Waals surface area contributed by atoms with Crippen molar-refractivity contribution in [3.8, 4) is 44.5 Å². The third kappa shape index (κ3) is 11.1. The van der Waals surface area contributed by atoms with Gasteiger partial charge in [0.15, 0.2) is 0 Å². The van der Waals surface area contributed by atoms with E-state index in [9.17, 15) is 0 Å². The van der Waals surface area contributed by atoms with Crippen LogP contribution in [0, 0.1) is 6.92 Å². The largest absolute Gasteiger partial charge is 0.456 e. The third-order valence-corrected chi connectivity index (χ3v) is 24.9. The van der Waals surface area contributed by atoms with Crippen LogP contribution in [0.25, 0.3) is 88.4 Å². The zero-order valence-corrected chi connectivity index (χ0v) is 61.1. The van der Waals surface area contributed by atoms with Gasteiger partial charge in [0.1, 0.15) is 22.3 Å². The van der Waals surface area contributed by atoms with Gasteiger partial charge in [-0.25, -0.2) is 0 Å². The van der Waals surface area contributed by atoms with Crippen LogP contribution in [0.15, 0.2) is 167 Å². The molecule has 4 aliphatic carbocycles. The first-order valence-electron chi connectivity index (χ1n) is 39.3. The molecule has 98 heavy (non-hydrogen) atoms. The molecule has 0 saturated heterocycles. The second-order valence-corrected chi connectivity index (χ2v) is 31.9. The van der Waals surface area contributed by atoms with E-state index in [0.717, 1.165) is 35.2 Å². The van der Waals surface area contributed by atoms with Gasteiger partial charge in [-0.2, -0.15) is 0 Å². The smallest absolute Gasteiger partial charge is 0.144 e. The van der Waals surface area contributed by atoms with E-state index in [4.69, 9.17) is 8.83 Å². The molecule has 0 fully saturated rings. The molecule has 0 spiro atoms. The summed E-state index contributed by atoms with van der Waals surface area (Å²) in [7, 11) is 0. The summed E-state index contributed by atoms with van der Waals surface area (Å²) < 4.78 is 14.1. The lowest BCUT2D eigenvalue weighted by Crippen LogP contribution is -2.27. The number of para-hydroxylation sites is 2. The monoisotopic (exact) mass is 1300 g/mol. The highest BCUT2D eigenvalue weighted by atomic mass is 16.3. The summed E-state index contributed by atoms with van der Waals surface area (Å²) in [5.74, 6) is 0. The second kappa shape index (κ2) is 27.5. The quantitative estimate of drug-likeness (QED) is 0.0406. The van der Waals surface area contributed by atoms with Crippen LogP contribution in [0.4, 0.5) is 17.1 Å². The molecule has 0 aliphatic heterocycles. The van der Waals surface area contributed by atoms with Gasteiger partial charge in [0, 0.05) is 65.8 Å². The molecule has 0 amide bonds. The number of hydrogen-bond acceptors (Lipinski definition) is 3. The topological polar surface area (TPSA) is 29.5 Å². The summed E-state index contributed by atoms with van der Waals surface area (Å²) in [6.07, 6.45) is 35.7. The predicted molar refractivity (Wildman–Crippen MR) is 420 cm³/mol. The highest BCUT2D eigenvalue weighted by Crippen LogP contribution is 2.66. The Balaban J connectivity index is 0.931. The molecule has 0 atom stereocenters. The molecule has 0 saturated carbocycles. The van der Waals surface area contributed by atoms with E-state index in [2.05, 4.69) is 225 Å². The first-order valence-corrected chi connectivity index (χ1v) is 39.3. The highest BCUT2D eigenvalue weighted by Gasteiger charge is 2.51. The van der Waals surface area contributed by atoms with Crippen molar-refractivity contribution in [2.45, 2.75) is 264 Å². The maximum Gasteiger partial charge on any atom is 0.144 e. The number of nitrogens with zero attached hydrogens (tertiary/aromatic N) is 1. The summed E-state index contributed by atoms with van der Waals surface area (Å²) in [4.78, 5) is 2.63. The van der Waals surface area contributed by atoms with Gasteiger partial charge in [0.2, 0.25) is 0 Å². The molecule has 0 N–H and O–H groups in total. The molecular formula is C95H109NO2. The molecule has 0 radical (unpaired) electrons. The fourth-order valence-electron chi connectivity index (χ4n) is 19.9. The summed E-state index contributed by atoms with van der Waals surface area (Å²) in [6, 6.07) is 62.3.